The number of carboxylic acid groups (broad SMARTS) is 1. The summed E-state index contributed by atoms with van der Waals surface area (Å²) in [5.74, 6) is -0.946. The zero-order valence-electron chi connectivity index (χ0n) is 12.3. The van der Waals surface area contributed by atoms with Crippen LogP contribution < -0.4 is 0 Å². The summed E-state index contributed by atoms with van der Waals surface area (Å²) in [6.45, 7) is 6.26. The number of hydrogen-bond acceptors (Lipinski definition) is 3. The molecule has 0 spiro atoms. The van der Waals surface area contributed by atoms with Crippen LogP contribution in [0.1, 0.15) is 26.7 Å². The van der Waals surface area contributed by atoms with Crippen molar-refractivity contribution in [2.75, 3.05) is 33.7 Å². The molecule has 2 atom stereocenters. The number of hydrogen-bond donors (Lipinski definition) is 1. The van der Waals surface area contributed by atoms with Gasteiger partial charge < -0.3 is 19.8 Å². The lowest BCUT2D eigenvalue weighted by Crippen LogP contribution is -2.52. The summed E-state index contributed by atoms with van der Waals surface area (Å²) in [5.41, 5.74) is 0. The molecule has 0 aromatic carbocycles. The Hall–Kier alpha value is -1.30. The number of nitrogens with zero attached hydrogens (tertiary/aromatic N) is 3. The van der Waals surface area contributed by atoms with E-state index in [-0.39, 0.29) is 12.1 Å². The summed E-state index contributed by atoms with van der Waals surface area (Å²) in [4.78, 5) is 28.9. The van der Waals surface area contributed by atoms with Crippen molar-refractivity contribution in [2.24, 2.45) is 0 Å². The number of amides is 2. The number of urea groups is 1. The molecule has 1 saturated heterocycles. The van der Waals surface area contributed by atoms with Crippen molar-refractivity contribution in [1.29, 1.82) is 0 Å². The first kappa shape index (κ1) is 15.8. The van der Waals surface area contributed by atoms with E-state index in [1.165, 1.54) is 4.90 Å². The molecule has 1 aliphatic heterocycles. The van der Waals surface area contributed by atoms with E-state index in [4.69, 9.17) is 5.11 Å². The number of rotatable bonds is 3. The van der Waals surface area contributed by atoms with E-state index in [0.717, 1.165) is 19.5 Å². The fourth-order valence-electron chi connectivity index (χ4n) is 2.61. The fraction of sp³-hybridized carbons (Fsp3) is 0.846. The summed E-state index contributed by atoms with van der Waals surface area (Å²) >= 11 is 0. The van der Waals surface area contributed by atoms with E-state index in [1.807, 2.05) is 14.0 Å². The third-order valence-electron chi connectivity index (χ3n) is 3.73. The topological polar surface area (TPSA) is 64.1 Å². The van der Waals surface area contributed by atoms with Crippen LogP contribution in [0.2, 0.25) is 0 Å². The minimum absolute atomic E-state index is 0.105. The molecule has 1 N–H and O–H groups in total. The van der Waals surface area contributed by atoms with Gasteiger partial charge in [-0.15, -0.1) is 0 Å². The van der Waals surface area contributed by atoms with Crippen molar-refractivity contribution in [2.45, 2.75) is 38.8 Å². The molecule has 0 radical (unpaired) electrons. The van der Waals surface area contributed by atoms with E-state index < -0.39 is 12.0 Å². The molecule has 0 aliphatic carbocycles. The molecular formula is C13H25N3O3. The Balaban J connectivity index is 2.77. The zero-order chi connectivity index (χ0) is 14.6. The second kappa shape index (κ2) is 6.75. The largest absolute Gasteiger partial charge is 0.480 e. The van der Waals surface area contributed by atoms with Crippen molar-refractivity contribution in [3.05, 3.63) is 0 Å². The van der Waals surface area contributed by atoms with Gasteiger partial charge in [0.1, 0.15) is 6.04 Å². The van der Waals surface area contributed by atoms with Gasteiger partial charge in [0, 0.05) is 26.2 Å². The number of carbonyl (C=O) groups excluding carboxylic acids is 1. The first-order chi connectivity index (χ1) is 8.88. The average molecular weight is 271 g/mol. The van der Waals surface area contributed by atoms with E-state index in [1.54, 1.807) is 18.9 Å². The number of likely N-dealkylation sites (N-methyl/N-ethyl adjacent to an activating group) is 2. The maximum atomic E-state index is 12.4. The highest BCUT2D eigenvalue weighted by molar-refractivity contribution is 5.82. The Morgan fingerprint density at radius 3 is 2.58 bits per heavy atom. The first-order valence-electron chi connectivity index (χ1n) is 6.83. The van der Waals surface area contributed by atoms with Crippen LogP contribution >= 0.6 is 0 Å². The molecule has 1 heterocycles. The molecular weight excluding hydrogens is 246 g/mol. The van der Waals surface area contributed by atoms with Crippen LogP contribution in [0.4, 0.5) is 4.79 Å². The van der Waals surface area contributed by atoms with Gasteiger partial charge in [-0.25, -0.2) is 9.59 Å². The minimum atomic E-state index is -0.946. The molecule has 2 amide bonds. The van der Waals surface area contributed by atoms with Crippen LogP contribution in [0, 0.1) is 0 Å². The fourth-order valence-corrected chi connectivity index (χ4v) is 2.61. The van der Waals surface area contributed by atoms with Gasteiger partial charge in [0.15, 0.2) is 0 Å². The lowest BCUT2D eigenvalue weighted by molar-refractivity contribution is -0.142. The van der Waals surface area contributed by atoms with Crippen molar-refractivity contribution >= 4 is 12.0 Å². The Kier molecular flexibility index (Phi) is 5.60. The summed E-state index contributed by atoms with van der Waals surface area (Å²) in [7, 11) is 3.62. The van der Waals surface area contributed by atoms with Crippen molar-refractivity contribution in [1.82, 2.24) is 14.7 Å². The van der Waals surface area contributed by atoms with Gasteiger partial charge in [0.2, 0.25) is 0 Å². The van der Waals surface area contributed by atoms with E-state index in [9.17, 15) is 9.59 Å². The van der Waals surface area contributed by atoms with E-state index in [2.05, 4.69) is 4.90 Å². The molecule has 0 bridgehead atoms. The standard InChI is InChI=1S/C13H25N3O3/c1-5-11(12(17)18)15(4)13(19)16-8-6-7-14(3)9-10(16)2/h10-11H,5-9H2,1-4H3,(H,17,18). The third kappa shape index (κ3) is 3.83. The van der Waals surface area contributed by atoms with Crippen LogP contribution in [-0.4, -0.2) is 77.6 Å². The van der Waals surface area contributed by atoms with E-state index >= 15 is 0 Å². The molecule has 110 valence electrons. The van der Waals surface area contributed by atoms with Gasteiger partial charge in [-0.1, -0.05) is 6.92 Å². The predicted molar refractivity (Wildman–Crippen MR) is 73.2 cm³/mol. The first-order valence-corrected chi connectivity index (χ1v) is 6.83. The molecule has 1 fully saturated rings. The van der Waals surface area contributed by atoms with Crippen molar-refractivity contribution in [3.63, 3.8) is 0 Å². The van der Waals surface area contributed by atoms with Crippen molar-refractivity contribution in [3.8, 4) is 0 Å². The molecule has 6 heteroatoms. The number of carbonyl (C=O) groups is 2. The second-order valence-electron chi connectivity index (χ2n) is 5.31. The number of aliphatic carboxylic acids is 1. The maximum absolute atomic E-state index is 12.4. The van der Waals surface area contributed by atoms with Crippen molar-refractivity contribution < 1.29 is 14.7 Å². The Morgan fingerprint density at radius 1 is 1.42 bits per heavy atom. The predicted octanol–water partition coefficient (Wildman–Crippen LogP) is 0.927. The highest BCUT2D eigenvalue weighted by Gasteiger charge is 2.31. The molecule has 0 saturated carbocycles. The van der Waals surface area contributed by atoms with Gasteiger partial charge in [-0.3, -0.25) is 0 Å². The smallest absolute Gasteiger partial charge is 0.326 e. The van der Waals surface area contributed by atoms with Gasteiger partial charge in [-0.2, -0.15) is 0 Å². The lowest BCUT2D eigenvalue weighted by atomic mass is 10.2. The summed E-state index contributed by atoms with van der Waals surface area (Å²) in [5, 5.41) is 9.13. The highest BCUT2D eigenvalue weighted by atomic mass is 16.4. The summed E-state index contributed by atoms with van der Waals surface area (Å²) in [6, 6.07) is -0.827. The average Bonchev–Trinajstić information content (AvgIpc) is 2.49. The lowest BCUT2D eigenvalue weighted by Gasteiger charge is -2.34. The quantitative estimate of drug-likeness (QED) is 0.829. The highest BCUT2D eigenvalue weighted by Crippen LogP contribution is 2.13. The van der Waals surface area contributed by atoms with Crippen LogP contribution in [-0.2, 0) is 4.79 Å². The Labute approximate surface area is 115 Å². The maximum Gasteiger partial charge on any atom is 0.326 e. The molecule has 6 nitrogen and oxygen atoms in total. The van der Waals surface area contributed by atoms with Crippen LogP contribution in [0.3, 0.4) is 0 Å². The molecule has 2 unspecified atom stereocenters. The third-order valence-corrected chi connectivity index (χ3v) is 3.73. The van der Waals surface area contributed by atoms with Gasteiger partial charge in [-0.05, 0) is 33.4 Å². The molecule has 0 aromatic rings. The monoisotopic (exact) mass is 271 g/mol. The normalized spacial score (nSPS) is 22.7. The Morgan fingerprint density at radius 2 is 2.05 bits per heavy atom. The summed E-state index contributed by atoms with van der Waals surface area (Å²) in [6.07, 6.45) is 1.34. The van der Waals surface area contributed by atoms with Crippen LogP contribution in [0.5, 0.6) is 0 Å². The van der Waals surface area contributed by atoms with Gasteiger partial charge in [0.05, 0.1) is 0 Å². The van der Waals surface area contributed by atoms with Gasteiger partial charge >= 0.3 is 12.0 Å². The molecule has 0 aromatic heterocycles. The second-order valence-corrected chi connectivity index (χ2v) is 5.31. The summed E-state index contributed by atoms with van der Waals surface area (Å²) < 4.78 is 0. The molecule has 1 aliphatic rings. The SMILES string of the molecule is CCC(C(=O)O)N(C)C(=O)N1CCCN(C)CC1C. The molecule has 1 rings (SSSR count). The van der Waals surface area contributed by atoms with Gasteiger partial charge in [0.25, 0.3) is 0 Å². The number of carboxylic acids is 1. The zero-order valence-corrected chi connectivity index (χ0v) is 12.3. The van der Waals surface area contributed by atoms with Crippen LogP contribution in [0.25, 0.3) is 0 Å². The minimum Gasteiger partial charge on any atom is -0.480 e. The van der Waals surface area contributed by atoms with Crippen LogP contribution in [0.15, 0.2) is 0 Å². The molecule has 19 heavy (non-hydrogen) atoms. The Bertz CT molecular complexity index is 335. The van der Waals surface area contributed by atoms with E-state index in [0.29, 0.717) is 13.0 Å².